The van der Waals surface area contributed by atoms with Crippen molar-refractivity contribution >= 4 is 38.1 Å². The molecule has 0 radical (unpaired) electrons. The Hall–Kier alpha value is -2.19. The number of carbonyl (C=O) groups is 1. The van der Waals surface area contributed by atoms with Gasteiger partial charge in [-0.05, 0) is 30.3 Å². The van der Waals surface area contributed by atoms with Crippen LogP contribution in [0, 0.1) is 0 Å². The van der Waals surface area contributed by atoms with Crippen molar-refractivity contribution in [3.05, 3.63) is 44.8 Å². The first-order valence-electron chi connectivity index (χ1n) is 8.56. The summed E-state index contributed by atoms with van der Waals surface area (Å²) in [6.45, 7) is 3.84. The molecule has 7 nitrogen and oxygen atoms in total. The molecule has 2 N–H and O–H groups in total. The van der Waals surface area contributed by atoms with E-state index in [0.29, 0.717) is 24.3 Å². The van der Waals surface area contributed by atoms with Gasteiger partial charge in [0.25, 0.3) is 5.56 Å². The van der Waals surface area contributed by atoms with Crippen LogP contribution in [0.3, 0.4) is 0 Å². The summed E-state index contributed by atoms with van der Waals surface area (Å²) in [5, 5.41) is 4.44. The first kappa shape index (κ1) is 21.1. The molecule has 0 saturated heterocycles. The van der Waals surface area contributed by atoms with Crippen molar-refractivity contribution in [3.63, 3.8) is 0 Å². The van der Waals surface area contributed by atoms with Gasteiger partial charge in [-0.1, -0.05) is 25.4 Å². The zero-order valence-corrected chi connectivity index (χ0v) is 17.4. The van der Waals surface area contributed by atoms with Crippen molar-refractivity contribution in [1.82, 2.24) is 9.78 Å². The van der Waals surface area contributed by atoms with Gasteiger partial charge >= 0.3 is 0 Å². The standard InChI is InChI=1S/C18H24ClN3O4S/c1-5-9-27(25,10-6-2)21-16-14(26-4)8-7-12(15(16)19)17(23)13-11-20-22(3)18(13)24/h7-9,11,20H,5-6,10H2,1-4H3,(H,21,25). The van der Waals surface area contributed by atoms with E-state index in [9.17, 15) is 13.8 Å². The highest BCUT2D eigenvalue weighted by Crippen LogP contribution is 2.37. The molecule has 0 aliphatic rings. The van der Waals surface area contributed by atoms with Crippen LogP contribution in [0.25, 0.3) is 0 Å². The Labute approximate surface area is 163 Å². The van der Waals surface area contributed by atoms with Gasteiger partial charge in [0, 0.05) is 34.3 Å². The maximum atomic E-state index is 13.2. The van der Waals surface area contributed by atoms with E-state index in [2.05, 4.69) is 9.82 Å². The minimum absolute atomic E-state index is 0.0232. The maximum Gasteiger partial charge on any atom is 0.277 e. The zero-order valence-electron chi connectivity index (χ0n) is 15.8. The highest BCUT2D eigenvalue weighted by Gasteiger charge is 2.23. The molecule has 1 unspecified atom stereocenters. The molecule has 1 aromatic carbocycles. The second-order valence-corrected chi connectivity index (χ2v) is 8.77. The highest BCUT2D eigenvalue weighted by atomic mass is 35.5. The fraction of sp³-hybridized carbons (Fsp3) is 0.389. The SMILES string of the molecule is CCC=S(=O)(CCC)Nc1c(OC)ccc(C(=O)c2c[nH]n(C)c2=O)c1Cl. The molecule has 0 bridgehead atoms. The van der Waals surface area contributed by atoms with Gasteiger partial charge in [-0.25, -0.2) is 4.21 Å². The van der Waals surface area contributed by atoms with Crippen molar-refractivity contribution in [2.75, 3.05) is 17.6 Å². The smallest absolute Gasteiger partial charge is 0.277 e. The summed E-state index contributed by atoms with van der Waals surface area (Å²) in [4.78, 5) is 24.9. The first-order chi connectivity index (χ1) is 12.8. The van der Waals surface area contributed by atoms with Crippen LogP contribution in [0.1, 0.15) is 42.6 Å². The molecule has 1 aromatic heterocycles. The lowest BCUT2D eigenvalue weighted by Gasteiger charge is -2.19. The van der Waals surface area contributed by atoms with Gasteiger partial charge < -0.3 is 14.6 Å². The van der Waals surface area contributed by atoms with E-state index in [0.717, 1.165) is 0 Å². The molecule has 0 spiro atoms. The number of benzene rings is 1. The number of ether oxygens (including phenoxy) is 1. The van der Waals surface area contributed by atoms with Crippen molar-refractivity contribution < 1.29 is 13.7 Å². The topological polar surface area (TPSA) is 93.2 Å². The normalized spacial score (nSPS) is 13.1. The molecule has 1 heterocycles. The Morgan fingerprint density at radius 2 is 2.07 bits per heavy atom. The van der Waals surface area contributed by atoms with Crippen LogP contribution in [0.4, 0.5) is 5.69 Å². The molecule has 1 atom stereocenters. The Balaban J connectivity index is 2.59. The van der Waals surface area contributed by atoms with E-state index in [4.69, 9.17) is 16.3 Å². The van der Waals surface area contributed by atoms with Crippen LogP contribution in [-0.4, -0.2) is 38.0 Å². The Morgan fingerprint density at radius 3 is 2.59 bits per heavy atom. The van der Waals surface area contributed by atoms with Crippen molar-refractivity contribution in [3.8, 4) is 5.75 Å². The lowest BCUT2D eigenvalue weighted by molar-refractivity contribution is 0.103. The summed E-state index contributed by atoms with van der Waals surface area (Å²) >= 11 is 6.48. The third kappa shape index (κ3) is 4.39. The van der Waals surface area contributed by atoms with Crippen LogP contribution >= 0.6 is 11.6 Å². The number of aromatic nitrogens is 2. The molecular weight excluding hydrogens is 390 g/mol. The number of hydrogen-bond acceptors (Lipinski definition) is 4. The molecule has 148 valence electrons. The number of rotatable bonds is 8. The number of halogens is 1. The summed E-state index contributed by atoms with van der Waals surface area (Å²) in [5.74, 6) is 0.275. The van der Waals surface area contributed by atoms with E-state index in [1.807, 2.05) is 13.8 Å². The van der Waals surface area contributed by atoms with Crippen LogP contribution in [-0.2, 0) is 16.8 Å². The summed E-state index contributed by atoms with van der Waals surface area (Å²) in [5.41, 5.74) is -0.0626. The fourth-order valence-corrected chi connectivity index (χ4v) is 5.08. The number of aryl methyl sites for hydroxylation is 1. The van der Waals surface area contributed by atoms with Gasteiger partial charge in [-0.3, -0.25) is 14.3 Å². The van der Waals surface area contributed by atoms with Crippen molar-refractivity contribution in [2.45, 2.75) is 26.7 Å². The van der Waals surface area contributed by atoms with Gasteiger partial charge in [0.1, 0.15) is 17.0 Å². The Morgan fingerprint density at radius 1 is 1.37 bits per heavy atom. The van der Waals surface area contributed by atoms with Crippen LogP contribution in [0.5, 0.6) is 5.75 Å². The van der Waals surface area contributed by atoms with Crippen LogP contribution in [0.15, 0.2) is 23.1 Å². The fourth-order valence-electron chi connectivity index (χ4n) is 2.69. The van der Waals surface area contributed by atoms with Gasteiger partial charge in [0.05, 0.1) is 12.1 Å². The molecule has 9 heteroatoms. The number of nitrogens with one attached hydrogen (secondary N) is 2. The molecule has 2 aromatic rings. The van der Waals surface area contributed by atoms with E-state index < -0.39 is 21.1 Å². The Kier molecular flexibility index (Phi) is 6.78. The van der Waals surface area contributed by atoms with E-state index in [1.165, 1.54) is 31.1 Å². The Bertz CT molecular complexity index is 1020. The second-order valence-electron chi connectivity index (χ2n) is 5.99. The quantitative estimate of drug-likeness (QED) is 0.514. The number of aromatic amines is 1. The van der Waals surface area contributed by atoms with Gasteiger partial charge in [0.2, 0.25) is 5.78 Å². The molecular formula is C18H24ClN3O4S. The lowest BCUT2D eigenvalue weighted by Crippen LogP contribution is -2.21. The minimum Gasteiger partial charge on any atom is -0.495 e. The molecule has 27 heavy (non-hydrogen) atoms. The number of methoxy groups -OCH3 is 1. The predicted molar refractivity (Wildman–Crippen MR) is 111 cm³/mol. The third-order valence-electron chi connectivity index (χ3n) is 3.97. The summed E-state index contributed by atoms with van der Waals surface area (Å²) in [6.07, 6.45) is 2.66. The molecule has 2 rings (SSSR count). The number of H-pyrrole nitrogens is 1. The molecule has 0 aliphatic carbocycles. The summed E-state index contributed by atoms with van der Waals surface area (Å²) in [7, 11) is 0.449. The zero-order chi connectivity index (χ0) is 20.2. The van der Waals surface area contributed by atoms with Crippen LogP contribution in [0.2, 0.25) is 5.02 Å². The van der Waals surface area contributed by atoms with Gasteiger partial charge in [-0.15, -0.1) is 0 Å². The first-order valence-corrected chi connectivity index (χ1v) is 10.7. The largest absolute Gasteiger partial charge is 0.495 e. The molecule has 0 saturated carbocycles. The highest BCUT2D eigenvalue weighted by molar-refractivity contribution is 8.02. The van der Waals surface area contributed by atoms with Gasteiger partial charge in [0.15, 0.2) is 0 Å². The maximum absolute atomic E-state index is 13.2. The van der Waals surface area contributed by atoms with Gasteiger partial charge in [-0.2, -0.15) is 0 Å². The summed E-state index contributed by atoms with van der Waals surface area (Å²) in [6, 6.07) is 3.06. The monoisotopic (exact) mass is 413 g/mol. The van der Waals surface area contributed by atoms with Crippen molar-refractivity contribution in [2.24, 2.45) is 7.05 Å². The van der Waals surface area contributed by atoms with Crippen molar-refractivity contribution in [1.29, 1.82) is 0 Å². The average molecular weight is 414 g/mol. The number of anilines is 1. The molecule has 0 fully saturated rings. The van der Waals surface area contributed by atoms with E-state index in [1.54, 1.807) is 11.4 Å². The number of nitrogens with zero attached hydrogens (tertiary/aromatic N) is 1. The minimum atomic E-state index is -2.53. The average Bonchev–Trinajstić information content (AvgIpc) is 2.95. The lowest BCUT2D eigenvalue weighted by atomic mass is 10.1. The number of ketones is 1. The second kappa shape index (κ2) is 8.67. The third-order valence-corrected chi connectivity index (χ3v) is 6.80. The molecule has 0 aliphatic heterocycles. The number of hydrogen-bond donors (Lipinski definition) is 2. The van der Waals surface area contributed by atoms with Crippen LogP contribution < -0.4 is 15.0 Å². The number of carbonyl (C=O) groups excluding carboxylic acids is 1. The summed E-state index contributed by atoms with van der Waals surface area (Å²) < 4.78 is 22.7. The molecule has 0 amide bonds. The van der Waals surface area contributed by atoms with E-state index >= 15 is 0 Å². The predicted octanol–water partition coefficient (Wildman–Crippen LogP) is 2.84. The van der Waals surface area contributed by atoms with E-state index in [-0.39, 0.29) is 21.8 Å².